The number of carbonyl (C=O) groups excluding carboxylic acids is 1. The number of alkyl halides is 2. The van der Waals surface area contributed by atoms with E-state index in [0.29, 0.717) is 28.0 Å². The molecule has 0 radical (unpaired) electrons. The number of sulfonamides is 1. The molecule has 15 heteroatoms. The van der Waals surface area contributed by atoms with E-state index >= 15 is 0 Å². The predicted octanol–water partition coefficient (Wildman–Crippen LogP) is 5.11. The van der Waals surface area contributed by atoms with Crippen LogP contribution in [0.1, 0.15) is 41.6 Å². The summed E-state index contributed by atoms with van der Waals surface area (Å²) in [6.45, 7) is 1.45. The van der Waals surface area contributed by atoms with Crippen molar-refractivity contribution in [2.75, 3.05) is 58.4 Å². The molecule has 2 saturated heterocycles. The molecule has 2 aliphatic rings. The highest BCUT2D eigenvalue weighted by Gasteiger charge is 2.35. The van der Waals surface area contributed by atoms with Crippen molar-refractivity contribution >= 4 is 49.9 Å². The lowest BCUT2D eigenvalue weighted by Crippen LogP contribution is -2.39. The number of hydrogen-bond donors (Lipinski definition) is 3. The standard InChI is InChI=1S/C28H31F4N5O5S/c1-17-14-20(22(16-21(17)35-43(40,41)13-11-38)36-7-2-18(3-8-36)25(29)30)27(39)34-23-15-19-4-12-42-24(19)26(33-23)37-9-5-28(31,32)6-10-37/h4,12,14-16,35,38H,2-3,5-11,13H2,1H3,(H,33,34,39). The third kappa shape index (κ3) is 6.88. The number of aryl methyl sites for hydroxylation is 1. The zero-order valence-electron chi connectivity index (χ0n) is 23.3. The molecule has 2 aliphatic heterocycles. The van der Waals surface area contributed by atoms with Crippen molar-refractivity contribution < 1.29 is 40.3 Å². The number of rotatable bonds is 8. The van der Waals surface area contributed by atoms with E-state index in [-0.39, 0.29) is 74.5 Å². The molecule has 5 rings (SSSR count). The number of aromatic nitrogens is 1. The number of nitrogens with zero attached hydrogens (tertiary/aromatic N) is 3. The minimum absolute atomic E-state index is 0.0267. The summed E-state index contributed by atoms with van der Waals surface area (Å²) in [5, 5.41) is 12.5. The molecule has 1 aromatic carbocycles. The van der Waals surface area contributed by atoms with Gasteiger partial charge < -0.3 is 24.6 Å². The van der Waals surface area contributed by atoms with Gasteiger partial charge in [0.15, 0.2) is 11.4 Å². The molecule has 0 aliphatic carbocycles. The van der Waals surface area contributed by atoms with Gasteiger partial charge in [-0.1, -0.05) is 0 Å². The van der Waals surface area contributed by atoms with Gasteiger partial charge in [0, 0.05) is 44.4 Å². The number of amides is 1. The summed E-state index contributed by atoms with van der Waals surface area (Å²) in [6, 6.07) is 6.23. The van der Waals surface area contributed by atoms with Crippen LogP contribution in [0.4, 0.5) is 40.6 Å². The Morgan fingerprint density at radius 2 is 1.79 bits per heavy atom. The zero-order chi connectivity index (χ0) is 30.9. The molecule has 0 spiro atoms. The summed E-state index contributed by atoms with van der Waals surface area (Å²) in [7, 11) is -3.89. The first-order chi connectivity index (χ1) is 20.4. The Morgan fingerprint density at radius 3 is 2.44 bits per heavy atom. The smallest absolute Gasteiger partial charge is 0.269 e. The fourth-order valence-electron chi connectivity index (χ4n) is 5.26. The van der Waals surface area contributed by atoms with E-state index in [9.17, 15) is 30.8 Å². The lowest BCUT2D eigenvalue weighted by Gasteiger charge is -2.33. The van der Waals surface area contributed by atoms with E-state index < -0.39 is 40.3 Å². The van der Waals surface area contributed by atoms with Crippen molar-refractivity contribution in [1.29, 1.82) is 0 Å². The van der Waals surface area contributed by atoms with Crippen LogP contribution in [0.3, 0.4) is 0 Å². The van der Waals surface area contributed by atoms with Gasteiger partial charge in [-0.3, -0.25) is 9.52 Å². The molecule has 2 fully saturated rings. The van der Waals surface area contributed by atoms with Crippen LogP contribution in [0.2, 0.25) is 0 Å². The average molecular weight is 626 g/mol. The van der Waals surface area contributed by atoms with Crippen LogP contribution < -0.4 is 19.8 Å². The van der Waals surface area contributed by atoms with Crippen LogP contribution in [0.5, 0.6) is 0 Å². The molecule has 2 aromatic heterocycles. The Bertz CT molecular complexity index is 1650. The van der Waals surface area contributed by atoms with Gasteiger partial charge in [0.2, 0.25) is 10.0 Å². The molecule has 0 saturated carbocycles. The van der Waals surface area contributed by atoms with E-state index in [4.69, 9.17) is 9.52 Å². The van der Waals surface area contributed by atoms with Crippen LogP contribution >= 0.6 is 0 Å². The molecular formula is C28H31F4N5O5S. The summed E-state index contributed by atoms with van der Waals surface area (Å²) < 4.78 is 86.8. The van der Waals surface area contributed by atoms with E-state index in [1.807, 2.05) is 0 Å². The summed E-state index contributed by atoms with van der Waals surface area (Å²) in [6.07, 6.45) is -0.836. The topological polar surface area (TPSA) is 128 Å². The fourth-order valence-corrected chi connectivity index (χ4v) is 6.16. The molecule has 0 atom stereocenters. The number of aliphatic hydroxyl groups excluding tert-OH is 1. The number of nitrogens with one attached hydrogen (secondary N) is 2. The maximum atomic E-state index is 13.8. The molecule has 1 amide bonds. The molecule has 43 heavy (non-hydrogen) atoms. The first-order valence-electron chi connectivity index (χ1n) is 13.7. The van der Waals surface area contributed by atoms with Crippen LogP contribution in [0.15, 0.2) is 46.6 Å². The monoisotopic (exact) mass is 625 g/mol. The number of anilines is 4. The quantitative estimate of drug-likeness (QED) is 0.295. The molecule has 4 heterocycles. The minimum atomic E-state index is -3.89. The largest absolute Gasteiger partial charge is 0.460 e. The van der Waals surface area contributed by atoms with E-state index in [1.165, 1.54) is 18.4 Å². The van der Waals surface area contributed by atoms with E-state index in [2.05, 4.69) is 15.0 Å². The van der Waals surface area contributed by atoms with Crippen molar-refractivity contribution in [2.45, 2.75) is 38.5 Å². The first kappa shape index (κ1) is 30.6. The third-order valence-corrected chi connectivity index (χ3v) is 8.89. The van der Waals surface area contributed by atoms with Gasteiger partial charge in [-0.05, 0) is 55.2 Å². The van der Waals surface area contributed by atoms with Crippen molar-refractivity contribution in [3.05, 3.63) is 53.3 Å². The van der Waals surface area contributed by atoms with Gasteiger partial charge in [0.25, 0.3) is 17.9 Å². The Hall–Kier alpha value is -3.85. The summed E-state index contributed by atoms with van der Waals surface area (Å²) in [5.74, 6) is -3.42. The van der Waals surface area contributed by atoms with Gasteiger partial charge in [-0.25, -0.2) is 22.2 Å². The van der Waals surface area contributed by atoms with Gasteiger partial charge in [0.1, 0.15) is 5.82 Å². The first-order valence-corrected chi connectivity index (χ1v) is 15.4. The highest BCUT2D eigenvalue weighted by atomic mass is 32.2. The number of benzene rings is 1. The fraction of sp³-hybridized carbons (Fsp3) is 0.429. The molecule has 0 bridgehead atoms. The van der Waals surface area contributed by atoms with Crippen molar-refractivity contribution in [1.82, 2.24) is 4.98 Å². The number of aliphatic hydroxyl groups is 1. The molecule has 0 unspecified atom stereocenters. The number of hydrogen-bond acceptors (Lipinski definition) is 8. The average Bonchev–Trinajstić information content (AvgIpc) is 3.42. The van der Waals surface area contributed by atoms with Gasteiger partial charge in [-0.15, -0.1) is 0 Å². The Balaban J connectivity index is 1.48. The van der Waals surface area contributed by atoms with Gasteiger partial charge in [0.05, 0.1) is 35.6 Å². The number of furan rings is 1. The second-order valence-electron chi connectivity index (χ2n) is 10.6. The number of piperidine rings is 2. The number of carbonyl (C=O) groups is 1. The summed E-state index contributed by atoms with van der Waals surface area (Å²) in [5.41, 5.74) is 1.50. The summed E-state index contributed by atoms with van der Waals surface area (Å²) in [4.78, 5) is 21.7. The van der Waals surface area contributed by atoms with Crippen LogP contribution in [-0.2, 0) is 10.0 Å². The Morgan fingerprint density at radius 1 is 1.09 bits per heavy atom. The number of fused-ring (bicyclic) bond motifs is 1. The van der Waals surface area contributed by atoms with E-state index in [1.54, 1.807) is 28.9 Å². The third-order valence-electron chi connectivity index (χ3n) is 7.64. The van der Waals surface area contributed by atoms with Crippen LogP contribution in [0, 0.1) is 6.92 Å². The lowest BCUT2D eigenvalue weighted by atomic mass is 10.0. The zero-order valence-corrected chi connectivity index (χ0v) is 24.1. The second kappa shape index (κ2) is 12.0. The van der Waals surface area contributed by atoms with Crippen molar-refractivity contribution in [3.8, 4) is 0 Å². The molecular weight excluding hydrogens is 594 g/mol. The molecule has 3 aromatic rings. The Labute approximate surface area is 245 Å². The normalized spacial score (nSPS) is 17.3. The maximum Gasteiger partial charge on any atom is 0.269 e. The maximum absolute atomic E-state index is 13.8. The number of pyridine rings is 1. The van der Waals surface area contributed by atoms with Crippen LogP contribution in [-0.4, -0.2) is 68.9 Å². The summed E-state index contributed by atoms with van der Waals surface area (Å²) >= 11 is 0. The second-order valence-corrected chi connectivity index (χ2v) is 12.5. The van der Waals surface area contributed by atoms with Crippen molar-refractivity contribution in [3.63, 3.8) is 0 Å². The molecule has 232 valence electrons. The predicted molar refractivity (Wildman–Crippen MR) is 155 cm³/mol. The molecule has 3 N–H and O–H groups in total. The highest BCUT2D eigenvalue weighted by Crippen LogP contribution is 2.36. The minimum Gasteiger partial charge on any atom is -0.460 e. The van der Waals surface area contributed by atoms with Crippen LogP contribution in [0.25, 0.3) is 11.0 Å². The number of halogens is 4. The van der Waals surface area contributed by atoms with Crippen molar-refractivity contribution in [2.24, 2.45) is 0 Å². The van der Waals surface area contributed by atoms with E-state index in [0.717, 1.165) is 0 Å². The van der Waals surface area contributed by atoms with Gasteiger partial charge in [-0.2, -0.15) is 8.78 Å². The highest BCUT2D eigenvalue weighted by molar-refractivity contribution is 7.92. The van der Waals surface area contributed by atoms with Gasteiger partial charge >= 0.3 is 0 Å². The lowest BCUT2D eigenvalue weighted by molar-refractivity contribution is -0.0221. The Kier molecular flexibility index (Phi) is 8.56. The SMILES string of the molecule is Cc1cc(C(=O)Nc2cc3ccoc3c(N3CCC(F)(F)CC3)n2)c(N2CCC(=C(F)F)CC2)cc1NS(=O)(=O)CCO. The molecule has 10 nitrogen and oxygen atoms in total.